The second-order valence-electron chi connectivity index (χ2n) is 3.93. The molecule has 0 amide bonds. The first kappa shape index (κ1) is 14.6. The molecule has 8 nitrogen and oxygen atoms in total. The van der Waals surface area contributed by atoms with Crippen molar-refractivity contribution in [3.05, 3.63) is 22.7 Å². The van der Waals surface area contributed by atoms with Crippen molar-refractivity contribution in [2.45, 2.75) is 18.1 Å². The molecule has 2 heterocycles. The van der Waals surface area contributed by atoms with Gasteiger partial charge in [-0.3, -0.25) is 4.57 Å². The number of ether oxygens (including phenoxy) is 1. The van der Waals surface area contributed by atoms with Gasteiger partial charge in [-0.1, -0.05) is 0 Å². The van der Waals surface area contributed by atoms with E-state index in [1.54, 1.807) is 0 Å². The summed E-state index contributed by atoms with van der Waals surface area (Å²) in [6.45, 7) is 0. The zero-order chi connectivity index (χ0) is 14.0. The largest absolute Gasteiger partial charge is 0.383 e. The van der Waals surface area contributed by atoms with E-state index in [2.05, 4.69) is 4.98 Å². The molecule has 0 bridgehead atoms. The third-order valence-electron chi connectivity index (χ3n) is 2.44. The first-order chi connectivity index (χ1) is 8.85. The van der Waals surface area contributed by atoms with E-state index in [9.17, 15) is 4.79 Å². The molecule has 1 saturated heterocycles. The van der Waals surface area contributed by atoms with E-state index in [0.717, 1.165) is 5.80 Å². The van der Waals surface area contributed by atoms with Gasteiger partial charge in [0.25, 0.3) is 0 Å². The van der Waals surface area contributed by atoms with Crippen LogP contribution in [0.2, 0.25) is 0 Å². The number of nitrogen functional groups attached to an aromatic ring is 1. The Balaban J connectivity index is 2.04. The molecule has 0 aliphatic carbocycles. The Morgan fingerprint density at radius 1 is 1.63 bits per heavy atom. The van der Waals surface area contributed by atoms with Crippen molar-refractivity contribution in [1.82, 2.24) is 9.55 Å². The van der Waals surface area contributed by atoms with Gasteiger partial charge in [-0.05, 0) is 11.9 Å². The smallest absolute Gasteiger partial charge is 0.351 e. The van der Waals surface area contributed by atoms with E-state index in [1.807, 2.05) is 0 Å². The summed E-state index contributed by atoms with van der Waals surface area (Å²) in [4.78, 5) is 41.8. The Morgan fingerprint density at radius 3 is 3.00 bits per heavy atom. The molecule has 1 aromatic heterocycles. The van der Waals surface area contributed by atoms with Gasteiger partial charge in [0.2, 0.25) is 7.57 Å². The molecule has 1 fully saturated rings. The second kappa shape index (κ2) is 5.66. The van der Waals surface area contributed by atoms with Gasteiger partial charge in [0, 0.05) is 18.4 Å². The summed E-state index contributed by atoms with van der Waals surface area (Å²) >= 11 is 1.41. The quantitative estimate of drug-likeness (QED) is 0.542. The maximum absolute atomic E-state index is 11.6. The maximum atomic E-state index is 11.6. The predicted octanol–water partition coefficient (Wildman–Crippen LogP) is -0.655. The van der Waals surface area contributed by atoms with E-state index in [1.165, 1.54) is 28.6 Å². The van der Waals surface area contributed by atoms with Crippen molar-refractivity contribution in [1.29, 1.82) is 0 Å². The lowest BCUT2D eigenvalue weighted by atomic mass is 10.5. The standard InChI is InChI=1S/C9H14N3O5PS/c10-6-1-3-12(9(13)11-6)7-5-19-8(17-7)2-4-18(14,15)16/h1,3-4,7-8,14-16H,2,5H2,(H2,10,11,13)/t7-,8+/m1/s1. The zero-order valence-electron chi connectivity index (χ0n) is 9.79. The molecule has 1 aromatic rings. The van der Waals surface area contributed by atoms with Gasteiger partial charge in [0.1, 0.15) is 17.5 Å². The summed E-state index contributed by atoms with van der Waals surface area (Å²) in [5, 5.41) is 0. The minimum Gasteiger partial charge on any atom is -0.383 e. The van der Waals surface area contributed by atoms with E-state index in [0.29, 0.717) is 5.75 Å². The molecular formula is C9H14N3O5PS. The Hall–Kier alpha value is -0.830. The maximum Gasteiger partial charge on any atom is 0.351 e. The van der Waals surface area contributed by atoms with Gasteiger partial charge in [0.05, 0.1) is 0 Å². The van der Waals surface area contributed by atoms with Crippen LogP contribution in [0, 0.1) is 0 Å². The molecule has 106 valence electrons. The minimum absolute atomic E-state index is 0.146. The monoisotopic (exact) mass is 307 g/mol. The molecule has 1 aliphatic rings. The first-order valence-electron chi connectivity index (χ1n) is 5.38. The normalized spacial score (nSPS) is 23.5. The Bertz CT molecular complexity index is 563. The Kier molecular flexibility index (Phi) is 4.34. The van der Waals surface area contributed by atoms with Gasteiger partial charge in [-0.2, -0.15) is 4.98 Å². The lowest BCUT2D eigenvalue weighted by Crippen LogP contribution is -2.28. The Morgan fingerprint density at radius 2 is 2.37 bits per heavy atom. The molecule has 1 aliphatic heterocycles. The SMILES string of the molecule is Nc1ccn([C@H]2CS[C@@H](CC=P(O)(O)O)O2)c(=O)n1. The molecule has 0 spiro atoms. The van der Waals surface area contributed by atoms with Crippen molar-refractivity contribution < 1.29 is 19.4 Å². The minimum atomic E-state index is -3.89. The van der Waals surface area contributed by atoms with Crippen LogP contribution in [0.1, 0.15) is 12.6 Å². The van der Waals surface area contributed by atoms with Crippen LogP contribution in [0.4, 0.5) is 5.82 Å². The highest BCUT2D eigenvalue weighted by Crippen LogP contribution is 2.36. The summed E-state index contributed by atoms with van der Waals surface area (Å²) in [5.41, 5.74) is 4.55. The van der Waals surface area contributed by atoms with Crippen molar-refractivity contribution >= 4 is 30.9 Å². The van der Waals surface area contributed by atoms with Crippen LogP contribution in [0.5, 0.6) is 0 Å². The number of rotatable bonds is 3. The molecule has 0 saturated carbocycles. The van der Waals surface area contributed by atoms with Crippen molar-refractivity contribution in [3.8, 4) is 0 Å². The predicted molar refractivity (Wildman–Crippen MR) is 73.5 cm³/mol. The van der Waals surface area contributed by atoms with Crippen LogP contribution in [0.25, 0.3) is 0 Å². The molecule has 19 heavy (non-hydrogen) atoms. The van der Waals surface area contributed by atoms with Crippen LogP contribution < -0.4 is 11.4 Å². The number of thioether (sulfide) groups is 1. The van der Waals surface area contributed by atoms with Crippen LogP contribution in [-0.4, -0.2) is 41.2 Å². The third kappa shape index (κ3) is 4.07. The summed E-state index contributed by atoms with van der Waals surface area (Å²) in [7, 11) is -3.89. The van der Waals surface area contributed by atoms with Gasteiger partial charge >= 0.3 is 5.69 Å². The number of nitrogens with two attached hydrogens (primary N) is 1. The molecule has 0 unspecified atom stereocenters. The second-order valence-corrected chi connectivity index (χ2v) is 6.72. The van der Waals surface area contributed by atoms with Gasteiger partial charge in [-0.25, -0.2) is 4.79 Å². The molecule has 5 N–H and O–H groups in total. The fraction of sp³-hybridized carbons (Fsp3) is 0.444. The van der Waals surface area contributed by atoms with E-state index in [4.69, 9.17) is 25.2 Å². The zero-order valence-corrected chi connectivity index (χ0v) is 11.5. The van der Waals surface area contributed by atoms with Crippen LogP contribution >= 0.6 is 19.3 Å². The fourth-order valence-corrected chi connectivity index (χ4v) is 3.26. The molecule has 2 atom stereocenters. The first-order valence-corrected chi connectivity index (χ1v) is 8.15. The summed E-state index contributed by atoms with van der Waals surface area (Å²) < 4.78 is 6.88. The lowest BCUT2D eigenvalue weighted by Gasteiger charge is -2.14. The molecular weight excluding hydrogens is 293 g/mol. The van der Waals surface area contributed by atoms with E-state index < -0.39 is 19.5 Å². The van der Waals surface area contributed by atoms with E-state index >= 15 is 0 Å². The number of nitrogens with zero attached hydrogens (tertiary/aromatic N) is 2. The average Bonchev–Trinajstić information content (AvgIpc) is 2.74. The van der Waals surface area contributed by atoms with E-state index in [-0.39, 0.29) is 17.7 Å². The van der Waals surface area contributed by atoms with Crippen LogP contribution in [-0.2, 0) is 4.74 Å². The molecule has 10 heteroatoms. The highest BCUT2D eigenvalue weighted by molar-refractivity contribution is 8.00. The van der Waals surface area contributed by atoms with Crippen molar-refractivity contribution in [2.24, 2.45) is 0 Å². The summed E-state index contributed by atoms with van der Waals surface area (Å²) in [6.07, 6.45) is 1.20. The summed E-state index contributed by atoms with van der Waals surface area (Å²) in [6, 6.07) is 1.50. The van der Waals surface area contributed by atoms with Gasteiger partial charge in [0.15, 0.2) is 0 Å². The average molecular weight is 307 g/mol. The number of hydrogen-bond donors (Lipinski definition) is 4. The van der Waals surface area contributed by atoms with Crippen molar-refractivity contribution in [2.75, 3.05) is 11.5 Å². The molecule has 2 rings (SSSR count). The summed E-state index contributed by atoms with van der Waals surface area (Å²) in [5.74, 6) is 1.70. The van der Waals surface area contributed by atoms with Crippen LogP contribution in [0.15, 0.2) is 17.1 Å². The topological polar surface area (TPSA) is 131 Å². The highest BCUT2D eigenvalue weighted by atomic mass is 32.2. The Labute approximate surface area is 113 Å². The van der Waals surface area contributed by atoms with Crippen LogP contribution in [0.3, 0.4) is 0 Å². The van der Waals surface area contributed by atoms with Gasteiger partial charge < -0.3 is 25.2 Å². The number of aromatic nitrogens is 2. The lowest BCUT2D eigenvalue weighted by molar-refractivity contribution is 0.0195. The van der Waals surface area contributed by atoms with Gasteiger partial charge in [-0.15, -0.1) is 11.8 Å². The number of anilines is 1. The highest BCUT2D eigenvalue weighted by Gasteiger charge is 2.27. The fourth-order valence-electron chi connectivity index (χ4n) is 1.59. The van der Waals surface area contributed by atoms with Crippen molar-refractivity contribution in [3.63, 3.8) is 0 Å². The number of hydrogen-bond acceptors (Lipinski definition) is 8. The molecule has 0 radical (unpaired) electrons. The molecule has 0 aromatic carbocycles. The third-order valence-corrected chi connectivity index (χ3v) is 4.29.